The lowest BCUT2D eigenvalue weighted by Gasteiger charge is -2.20. The van der Waals surface area contributed by atoms with Crippen molar-refractivity contribution in [2.45, 2.75) is 26.8 Å². The fourth-order valence-electron chi connectivity index (χ4n) is 3.52. The summed E-state index contributed by atoms with van der Waals surface area (Å²) in [6.07, 6.45) is 0.314. The van der Waals surface area contributed by atoms with E-state index in [0.717, 1.165) is 33.1 Å². The molecule has 0 atom stereocenters. The van der Waals surface area contributed by atoms with Crippen LogP contribution in [0.1, 0.15) is 21.8 Å². The fraction of sp³-hybridized carbons (Fsp3) is 0.304. The van der Waals surface area contributed by atoms with E-state index in [9.17, 15) is 4.79 Å². The minimum atomic E-state index is 0.0615. The molecule has 0 unspecified atom stereocenters. The minimum absolute atomic E-state index is 0.0615. The Morgan fingerprint density at radius 1 is 1.21 bits per heavy atom. The molecule has 0 saturated carbocycles. The van der Waals surface area contributed by atoms with Gasteiger partial charge in [0.2, 0.25) is 5.91 Å². The van der Waals surface area contributed by atoms with E-state index in [0.29, 0.717) is 31.9 Å². The van der Waals surface area contributed by atoms with E-state index in [1.807, 2.05) is 23.3 Å². The van der Waals surface area contributed by atoms with Gasteiger partial charge in [0.05, 0.1) is 30.8 Å². The van der Waals surface area contributed by atoms with Crippen molar-refractivity contribution in [2.75, 3.05) is 20.3 Å². The first-order valence-electron chi connectivity index (χ1n) is 9.63. The number of hydrogen-bond acceptors (Lipinski definition) is 5. The molecule has 6 heteroatoms. The van der Waals surface area contributed by atoms with E-state index in [1.54, 1.807) is 18.4 Å². The van der Waals surface area contributed by atoms with Gasteiger partial charge >= 0.3 is 0 Å². The third-order valence-corrected chi connectivity index (χ3v) is 5.88. The van der Waals surface area contributed by atoms with Crippen molar-refractivity contribution in [3.05, 3.63) is 63.6 Å². The van der Waals surface area contributed by atoms with Gasteiger partial charge in [0.1, 0.15) is 6.61 Å². The highest BCUT2D eigenvalue weighted by Gasteiger charge is 2.24. The molecule has 2 heterocycles. The molecule has 1 aliphatic heterocycles. The van der Waals surface area contributed by atoms with E-state index < -0.39 is 0 Å². The molecule has 0 radical (unpaired) electrons. The maximum atomic E-state index is 12.9. The summed E-state index contributed by atoms with van der Waals surface area (Å²) in [6, 6.07) is 12.5. The summed E-state index contributed by atoms with van der Waals surface area (Å²) in [5.41, 5.74) is 5.16. The van der Waals surface area contributed by atoms with Crippen molar-refractivity contribution >= 4 is 17.2 Å². The van der Waals surface area contributed by atoms with Crippen LogP contribution in [0.3, 0.4) is 0 Å². The number of amides is 1. The topological polar surface area (TPSA) is 51.7 Å². The van der Waals surface area contributed by atoms with Crippen LogP contribution in [0.2, 0.25) is 0 Å². The number of carbonyl (C=O) groups is 1. The lowest BCUT2D eigenvalue weighted by molar-refractivity contribution is -0.131. The van der Waals surface area contributed by atoms with Crippen LogP contribution in [-0.4, -0.2) is 36.1 Å². The second kappa shape index (κ2) is 8.25. The van der Waals surface area contributed by atoms with Crippen LogP contribution in [0.4, 0.5) is 0 Å². The van der Waals surface area contributed by atoms with Gasteiger partial charge in [0.15, 0.2) is 11.5 Å². The number of fused-ring (bicyclic) bond motifs is 1. The van der Waals surface area contributed by atoms with E-state index in [1.165, 1.54) is 5.56 Å². The van der Waals surface area contributed by atoms with Crippen molar-refractivity contribution in [2.24, 2.45) is 0 Å². The van der Waals surface area contributed by atoms with Gasteiger partial charge in [-0.15, -0.1) is 11.3 Å². The number of methoxy groups -OCH3 is 1. The van der Waals surface area contributed by atoms with Gasteiger partial charge in [-0.1, -0.05) is 29.8 Å². The average molecular weight is 409 g/mol. The summed E-state index contributed by atoms with van der Waals surface area (Å²) in [6.45, 7) is 5.50. The van der Waals surface area contributed by atoms with Gasteiger partial charge in [0.25, 0.3) is 0 Å². The van der Waals surface area contributed by atoms with Gasteiger partial charge in [0, 0.05) is 17.5 Å². The molecular weight excluding hydrogens is 384 g/mol. The molecule has 0 fully saturated rings. The lowest BCUT2D eigenvalue weighted by atomic mass is 10.0. The smallest absolute Gasteiger partial charge is 0.229 e. The van der Waals surface area contributed by atoms with Crippen LogP contribution in [0.15, 0.2) is 41.8 Å². The summed E-state index contributed by atoms with van der Waals surface area (Å²) in [4.78, 5) is 19.2. The van der Waals surface area contributed by atoms with E-state index in [-0.39, 0.29) is 5.91 Å². The predicted molar refractivity (Wildman–Crippen MR) is 115 cm³/mol. The van der Waals surface area contributed by atoms with Crippen LogP contribution in [0.25, 0.3) is 11.1 Å². The highest BCUT2D eigenvalue weighted by atomic mass is 32.1. The Morgan fingerprint density at radius 3 is 2.69 bits per heavy atom. The molecule has 4 rings (SSSR count). The molecule has 1 aromatic heterocycles. The third kappa shape index (κ3) is 4.27. The number of aryl methyl sites for hydroxylation is 2. The standard InChI is InChI=1S/C23H24N2O3S/c1-15-4-6-17(7-5-15)18-10-19-13-25(8-9-28-23(19)21(11-18)27-3)22(26)12-20-14-29-16(2)24-20/h4-7,10-11,14H,8-9,12-13H2,1-3H3. The molecule has 0 spiro atoms. The summed E-state index contributed by atoms with van der Waals surface area (Å²) in [7, 11) is 1.65. The quantitative estimate of drug-likeness (QED) is 0.642. The molecule has 0 aliphatic carbocycles. The highest BCUT2D eigenvalue weighted by molar-refractivity contribution is 7.09. The molecule has 1 aliphatic rings. The maximum absolute atomic E-state index is 12.9. The first-order chi connectivity index (χ1) is 14.0. The average Bonchev–Trinajstić information content (AvgIpc) is 2.99. The van der Waals surface area contributed by atoms with Crippen LogP contribution in [0, 0.1) is 13.8 Å². The molecule has 0 saturated heterocycles. The van der Waals surface area contributed by atoms with Gasteiger partial charge in [-0.25, -0.2) is 4.98 Å². The number of nitrogens with zero attached hydrogens (tertiary/aromatic N) is 2. The molecule has 2 aromatic carbocycles. The predicted octanol–water partition coefficient (Wildman–Crippen LogP) is 4.40. The Bertz CT molecular complexity index is 1030. The molecular formula is C23H24N2O3S. The van der Waals surface area contributed by atoms with Crippen molar-refractivity contribution in [3.63, 3.8) is 0 Å². The summed E-state index contributed by atoms with van der Waals surface area (Å²) >= 11 is 1.57. The zero-order chi connectivity index (χ0) is 20.4. The van der Waals surface area contributed by atoms with Crippen LogP contribution in [-0.2, 0) is 17.8 Å². The summed E-state index contributed by atoms with van der Waals surface area (Å²) in [5.74, 6) is 1.48. The third-order valence-electron chi connectivity index (χ3n) is 5.06. The SMILES string of the molecule is COc1cc(-c2ccc(C)cc2)cc2c1OCCN(C(=O)Cc1csc(C)n1)C2. The summed E-state index contributed by atoms with van der Waals surface area (Å²) in [5, 5.41) is 2.93. The van der Waals surface area contributed by atoms with Crippen LogP contribution < -0.4 is 9.47 Å². The molecule has 150 valence electrons. The lowest BCUT2D eigenvalue weighted by Crippen LogP contribution is -2.33. The minimum Gasteiger partial charge on any atom is -0.493 e. The van der Waals surface area contributed by atoms with Crippen molar-refractivity contribution < 1.29 is 14.3 Å². The van der Waals surface area contributed by atoms with Crippen molar-refractivity contribution in [3.8, 4) is 22.6 Å². The van der Waals surface area contributed by atoms with Crippen LogP contribution >= 0.6 is 11.3 Å². The van der Waals surface area contributed by atoms with Gasteiger partial charge < -0.3 is 14.4 Å². The van der Waals surface area contributed by atoms with Gasteiger partial charge in [-0.3, -0.25) is 4.79 Å². The normalized spacial score (nSPS) is 13.4. The highest BCUT2D eigenvalue weighted by Crippen LogP contribution is 2.38. The largest absolute Gasteiger partial charge is 0.493 e. The zero-order valence-electron chi connectivity index (χ0n) is 16.9. The first kappa shape index (κ1) is 19.5. The van der Waals surface area contributed by atoms with E-state index in [2.05, 4.69) is 42.2 Å². The van der Waals surface area contributed by atoms with Crippen LogP contribution in [0.5, 0.6) is 11.5 Å². The fourth-order valence-corrected chi connectivity index (χ4v) is 4.13. The Hall–Kier alpha value is -2.86. The summed E-state index contributed by atoms with van der Waals surface area (Å²) < 4.78 is 11.6. The van der Waals surface area contributed by atoms with E-state index in [4.69, 9.17) is 9.47 Å². The molecule has 0 bridgehead atoms. The Balaban J connectivity index is 1.63. The monoisotopic (exact) mass is 408 g/mol. The molecule has 29 heavy (non-hydrogen) atoms. The molecule has 1 amide bonds. The Labute approximate surface area is 174 Å². The molecule has 0 N–H and O–H groups in total. The zero-order valence-corrected chi connectivity index (χ0v) is 17.7. The molecule has 5 nitrogen and oxygen atoms in total. The number of benzene rings is 2. The number of thiazole rings is 1. The first-order valence-corrected chi connectivity index (χ1v) is 10.5. The molecule has 3 aromatic rings. The van der Waals surface area contributed by atoms with Gasteiger partial charge in [-0.2, -0.15) is 0 Å². The second-order valence-corrected chi connectivity index (χ2v) is 8.29. The number of ether oxygens (including phenoxy) is 2. The maximum Gasteiger partial charge on any atom is 0.229 e. The second-order valence-electron chi connectivity index (χ2n) is 7.23. The number of aromatic nitrogens is 1. The van der Waals surface area contributed by atoms with Crippen molar-refractivity contribution in [1.82, 2.24) is 9.88 Å². The Kier molecular flexibility index (Phi) is 5.53. The van der Waals surface area contributed by atoms with Crippen molar-refractivity contribution in [1.29, 1.82) is 0 Å². The number of hydrogen-bond donors (Lipinski definition) is 0. The van der Waals surface area contributed by atoms with E-state index >= 15 is 0 Å². The van der Waals surface area contributed by atoms with Gasteiger partial charge in [-0.05, 0) is 37.1 Å². The number of rotatable bonds is 4. The number of carbonyl (C=O) groups excluding carboxylic acids is 1. The Morgan fingerprint density at radius 2 is 2.00 bits per heavy atom.